The molecule has 25 heavy (non-hydrogen) atoms. The maximum atomic E-state index is 12.2. The Morgan fingerprint density at radius 2 is 2.16 bits per heavy atom. The van der Waals surface area contributed by atoms with Crippen LogP contribution in [0.3, 0.4) is 0 Å². The number of benzene rings is 1. The van der Waals surface area contributed by atoms with Gasteiger partial charge in [-0.1, -0.05) is 34.5 Å². The van der Waals surface area contributed by atoms with Crippen molar-refractivity contribution in [3.63, 3.8) is 0 Å². The first-order chi connectivity index (χ1) is 11.6. The first kappa shape index (κ1) is 20.3. The number of rotatable bonds is 6. The molecular weight excluding hydrogens is 407 g/mol. The Morgan fingerprint density at radius 1 is 1.48 bits per heavy atom. The standard InChI is InChI=1S/C15H16Cl2N2O4S2/c1-15(2,21)11-7-18-14(24-11)25(22)19-12(20)5-8-4-9(16)6-10(17)13(8)23-3/h4,6-7,21H,5H2,1-3H3,(H,19,20). The van der Waals surface area contributed by atoms with Crippen LogP contribution in [0.15, 0.2) is 22.7 Å². The normalized spacial score (nSPS) is 12.8. The molecule has 2 N–H and O–H groups in total. The predicted molar refractivity (Wildman–Crippen MR) is 98.6 cm³/mol. The summed E-state index contributed by atoms with van der Waals surface area (Å²) in [5, 5.41) is 10.6. The number of aromatic nitrogens is 1. The molecule has 0 saturated carbocycles. The van der Waals surface area contributed by atoms with Gasteiger partial charge in [0.05, 0.1) is 29.0 Å². The molecule has 0 aliphatic heterocycles. The van der Waals surface area contributed by atoms with Crippen molar-refractivity contribution in [1.29, 1.82) is 0 Å². The Bertz CT molecular complexity index is 777. The molecule has 1 heterocycles. The Balaban J connectivity index is 2.09. The Hall–Kier alpha value is -1.03. The minimum absolute atomic E-state index is 0.112. The highest BCUT2D eigenvalue weighted by Gasteiger charge is 2.26. The number of aliphatic hydroxyl groups is 1. The fraction of sp³-hybridized carbons (Fsp3) is 0.333. The van der Waals surface area contributed by atoms with Crippen LogP contribution in [0.1, 0.15) is 24.3 Å². The van der Waals surface area contributed by atoms with Gasteiger partial charge in [-0.25, -0.2) is 0 Å². The summed E-state index contributed by atoms with van der Waals surface area (Å²) in [6.07, 6.45) is 1.32. The zero-order valence-electron chi connectivity index (χ0n) is 13.6. The van der Waals surface area contributed by atoms with Crippen LogP contribution < -0.4 is 9.46 Å². The van der Waals surface area contributed by atoms with E-state index in [-0.39, 0.29) is 15.8 Å². The van der Waals surface area contributed by atoms with Gasteiger partial charge in [0.15, 0.2) is 0 Å². The molecule has 0 saturated heterocycles. The van der Waals surface area contributed by atoms with E-state index in [2.05, 4.69) is 9.71 Å². The second kappa shape index (κ2) is 8.11. The smallest absolute Gasteiger partial charge is 0.329 e. The number of ether oxygens (including phenoxy) is 1. The van der Waals surface area contributed by atoms with Crippen molar-refractivity contribution in [3.05, 3.63) is 38.8 Å². The molecule has 0 fully saturated rings. The van der Waals surface area contributed by atoms with Crippen LogP contribution in [0.2, 0.25) is 10.0 Å². The van der Waals surface area contributed by atoms with E-state index in [9.17, 15) is 14.5 Å². The van der Waals surface area contributed by atoms with E-state index in [4.69, 9.17) is 27.9 Å². The lowest BCUT2D eigenvalue weighted by molar-refractivity contribution is -0.118. The summed E-state index contributed by atoms with van der Waals surface area (Å²) in [5.41, 5.74) is -0.611. The minimum atomic E-state index is -1.83. The van der Waals surface area contributed by atoms with Crippen LogP contribution in [0.25, 0.3) is 0 Å². The zero-order valence-corrected chi connectivity index (χ0v) is 16.8. The van der Waals surface area contributed by atoms with Crippen LogP contribution in [0.4, 0.5) is 0 Å². The van der Waals surface area contributed by atoms with Gasteiger partial charge in [0.2, 0.25) is 0 Å². The second-order valence-electron chi connectivity index (χ2n) is 5.60. The summed E-state index contributed by atoms with van der Waals surface area (Å²) in [6, 6.07) is 3.07. The largest absolute Gasteiger partial charge is 0.586 e. The average Bonchev–Trinajstić information content (AvgIpc) is 2.96. The van der Waals surface area contributed by atoms with E-state index in [0.29, 0.717) is 21.2 Å². The number of methoxy groups -OCH3 is 1. The number of nitrogens with one attached hydrogen (secondary N) is 1. The van der Waals surface area contributed by atoms with Crippen molar-refractivity contribution in [1.82, 2.24) is 9.71 Å². The summed E-state index contributed by atoms with van der Waals surface area (Å²) in [4.78, 5) is 16.7. The number of carbonyl (C=O) groups excluding carboxylic acids is 1. The highest BCUT2D eigenvalue weighted by Crippen LogP contribution is 2.32. The third-order valence-corrected chi connectivity index (χ3v) is 6.24. The van der Waals surface area contributed by atoms with E-state index in [0.717, 1.165) is 11.3 Å². The third kappa shape index (κ3) is 5.22. The van der Waals surface area contributed by atoms with Crippen molar-refractivity contribution in [2.75, 3.05) is 7.11 Å². The molecule has 1 amide bonds. The molecule has 0 aliphatic carbocycles. The van der Waals surface area contributed by atoms with Crippen LogP contribution >= 0.6 is 34.5 Å². The Kier molecular flexibility index (Phi) is 6.58. The quantitative estimate of drug-likeness (QED) is 0.697. The molecule has 0 bridgehead atoms. The number of hydrogen-bond donors (Lipinski definition) is 2. The summed E-state index contributed by atoms with van der Waals surface area (Å²) in [5.74, 6) is -0.166. The monoisotopic (exact) mass is 422 g/mol. The number of halogens is 2. The lowest BCUT2D eigenvalue weighted by Gasteiger charge is -2.13. The number of carbonyl (C=O) groups is 1. The number of amides is 1. The fourth-order valence-corrected chi connectivity index (χ4v) is 4.43. The maximum absolute atomic E-state index is 12.2. The van der Waals surface area contributed by atoms with Crippen molar-refractivity contribution in [2.45, 2.75) is 30.2 Å². The SMILES string of the molecule is COc1c(Cl)cc(Cl)cc1CC(=O)N[S+]([O-])c1ncc(C(C)(C)O)s1. The molecule has 0 spiro atoms. The highest BCUT2D eigenvalue weighted by atomic mass is 35.5. The van der Waals surface area contributed by atoms with Gasteiger partial charge in [-0.2, -0.15) is 9.71 Å². The van der Waals surface area contributed by atoms with Gasteiger partial charge in [0.1, 0.15) is 17.1 Å². The average molecular weight is 423 g/mol. The minimum Gasteiger partial charge on any atom is -0.586 e. The summed E-state index contributed by atoms with van der Waals surface area (Å²) in [7, 11) is 1.43. The van der Waals surface area contributed by atoms with Crippen LogP contribution in [0, 0.1) is 0 Å². The van der Waals surface area contributed by atoms with Crippen molar-refractivity contribution in [2.24, 2.45) is 0 Å². The fourth-order valence-electron chi connectivity index (χ4n) is 1.96. The van der Waals surface area contributed by atoms with Gasteiger partial charge in [-0.05, 0) is 26.0 Å². The third-order valence-electron chi connectivity index (χ3n) is 3.09. The van der Waals surface area contributed by atoms with Gasteiger partial charge >= 0.3 is 4.34 Å². The number of hydrogen-bond acceptors (Lipinski definition) is 6. The van der Waals surface area contributed by atoms with E-state index < -0.39 is 22.9 Å². The lowest BCUT2D eigenvalue weighted by atomic mass is 10.1. The summed E-state index contributed by atoms with van der Waals surface area (Å²) >= 11 is 11.2. The zero-order chi connectivity index (χ0) is 18.8. The molecule has 1 unspecified atom stereocenters. The molecule has 136 valence electrons. The van der Waals surface area contributed by atoms with Gasteiger partial charge in [0, 0.05) is 16.8 Å². The molecule has 2 rings (SSSR count). The van der Waals surface area contributed by atoms with Crippen molar-refractivity contribution in [3.8, 4) is 5.75 Å². The Morgan fingerprint density at radius 3 is 2.72 bits per heavy atom. The van der Waals surface area contributed by atoms with E-state index in [1.807, 2.05) is 0 Å². The van der Waals surface area contributed by atoms with Crippen molar-refractivity contribution >= 4 is 51.8 Å². The number of nitrogens with zero attached hydrogens (tertiary/aromatic N) is 1. The predicted octanol–water partition coefficient (Wildman–Crippen LogP) is 3.07. The molecule has 10 heteroatoms. The molecular formula is C15H16Cl2N2O4S2. The van der Waals surface area contributed by atoms with E-state index >= 15 is 0 Å². The molecule has 6 nitrogen and oxygen atoms in total. The van der Waals surface area contributed by atoms with Crippen LogP contribution in [-0.2, 0) is 28.2 Å². The van der Waals surface area contributed by atoms with Crippen LogP contribution in [-0.4, -0.2) is 27.7 Å². The molecule has 1 aromatic carbocycles. The van der Waals surface area contributed by atoms with Crippen LogP contribution in [0.5, 0.6) is 5.75 Å². The number of thiazole rings is 1. The highest BCUT2D eigenvalue weighted by molar-refractivity contribution is 7.92. The molecule has 1 atom stereocenters. The van der Waals surface area contributed by atoms with Gasteiger partial charge in [-0.15, -0.1) is 0 Å². The molecule has 1 aromatic heterocycles. The van der Waals surface area contributed by atoms with E-state index in [1.54, 1.807) is 19.9 Å². The Labute approximate surface area is 162 Å². The second-order valence-corrected chi connectivity index (χ2v) is 8.86. The maximum Gasteiger partial charge on any atom is 0.329 e. The van der Waals surface area contributed by atoms with Gasteiger partial charge in [0.25, 0.3) is 5.91 Å². The van der Waals surface area contributed by atoms with Gasteiger partial charge < -0.3 is 14.4 Å². The summed E-state index contributed by atoms with van der Waals surface area (Å²) < 4.78 is 20.0. The van der Waals surface area contributed by atoms with Gasteiger partial charge in [-0.3, -0.25) is 4.79 Å². The first-order valence-electron chi connectivity index (χ1n) is 7.03. The molecule has 0 radical (unpaired) electrons. The van der Waals surface area contributed by atoms with E-state index in [1.165, 1.54) is 19.4 Å². The topological polar surface area (TPSA) is 94.5 Å². The molecule has 2 aromatic rings. The molecule has 0 aliphatic rings. The summed E-state index contributed by atoms with van der Waals surface area (Å²) in [6.45, 7) is 3.20. The first-order valence-corrected chi connectivity index (χ1v) is 9.76. The van der Waals surface area contributed by atoms with Crippen molar-refractivity contribution < 1.29 is 19.2 Å². The lowest BCUT2D eigenvalue weighted by Crippen LogP contribution is -2.31.